The molecule has 1 aliphatic heterocycles. The summed E-state index contributed by atoms with van der Waals surface area (Å²) in [6.45, 7) is 1.76. The zero-order chi connectivity index (χ0) is 13.1. The van der Waals surface area contributed by atoms with Crippen molar-refractivity contribution in [3.63, 3.8) is 0 Å². The molecule has 5 nitrogen and oxygen atoms in total. The third kappa shape index (κ3) is 2.84. The van der Waals surface area contributed by atoms with Gasteiger partial charge in [0.15, 0.2) is 0 Å². The molecule has 1 saturated carbocycles. The molecule has 0 aromatic carbocycles. The highest BCUT2D eigenvalue weighted by atomic mass is 16.5. The predicted molar refractivity (Wildman–Crippen MR) is 68.0 cm³/mol. The van der Waals surface area contributed by atoms with E-state index in [0.717, 1.165) is 12.8 Å². The van der Waals surface area contributed by atoms with Crippen molar-refractivity contribution >= 4 is 5.91 Å². The van der Waals surface area contributed by atoms with Crippen molar-refractivity contribution in [2.24, 2.45) is 11.1 Å². The van der Waals surface area contributed by atoms with Gasteiger partial charge in [0, 0.05) is 19.6 Å². The van der Waals surface area contributed by atoms with Crippen LogP contribution in [-0.4, -0.2) is 42.9 Å². The lowest BCUT2D eigenvalue weighted by Gasteiger charge is -2.42. The van der Waals surface area contributed by atoms with Gasteiger partial charge in [-0.3, -0.25) is 4.79 Å². The monoisotopic (exact) mass is 256 g/mol. The fourth-order valence-electron chi connectivity index (χ4n) is 2.90. The maximum absolute atomic E-state index is 12.1. The standard InChI is InChI=1S/C13H24N2O3/c14-9-12(2-1-3-12)8-11(17)15-13(10-16)4-6-18-7-5-13/h16H,1-10,14H2,(H,15,17). The van der Waals surface area contributed by atoms with Crippen LogP contribution in [0.25, 0.3) is 0 Å². The highest BCUT2D eigenvalue weighted by Gasteiger charge is 2.40. The molecule has 0 spiro atoms. The Bertz CT molecular complexity index is 291. The van der Waals surface area contributed by atoms with E-state index < -0.39 is 5.54 Å². The molecule has 1 heterocycles. The van der Waals surface area contributed by atoms with E-state index in [0.29, 0.717) is 39.0 Å². The molecule has 1 aliphatic carbocycles. The Labute approximate surface area is 108 Å². The van der Waals surface area contributed by atoms with E-state index in [1.165, 1.54) is 6.42 Å². The van der Waals surface area contributed by atoms with Gasteiger partial charge in [0.05, 0.1) is 12.1 Å². The molecular weight excluding hydrogens is 232 g/mol. The molecule has 0 radical (unpaired) electrons. The van der Waals surface area contributed by atoms with Crippen molar-refractivity contribution < 1.29 is 14.6 Å². The van der Waals surface area contributed by atoms with Crippen LogP contribution in [0.5, 0.6) is 0 Å². The summed E-state index contributed by atoms with van der Waals surface area (Å²) in [5, 5.41) is 12.5. The van der Waals surface area contributed by atoms with Gasteiger partial charge in [-0.2, -0.15) is 0 Å². The van der Waals surface area contributed by atoms with Crippen molar-refractivity contribution in [3.05, 3.63) is 0 Å². The molecule has 18 heavy (non-hydrogen) atoms. The average Bonchev–Trinajstić information content (AvgIpc) is 2.35. The molecule has 4 N–H and O–H groups in total. The summed E-state index contributed by atoms with van der Waals surface area (Å²) < 4.78 is 5.28. The Hall–Kier alpha value is -0.650. The molecule has 2 aliphatic rings. The largest absolute Gasteiger partial charge is 0.394 e. The van der Waals surface area contributed by atoms with Gasteiger partial charge >= 0.3 is 0 Å². The van der Waals surface area contributed by atoms with Gasteiger partial charge in [-0.15, -0.1) is 0 Å². The van der Waals surface area contributed by atoms with Crippen LogP contribution in [0.15, 0.2) is 0 Å². The Morgan fingerprint density at radius 1 is 1.28 bits per heavy atom. The number of aliphatic hydroxyl groups is 1. The number of amides is 1. The van der Waals surface area contributed by atoms with Crippen molar-refractivity contribution in [2.45, 2.75) is 44.1 Å². The Balaban J connectivity index is 1.89. The molecule has 0 aromatic rings. The van der Waals surface area contributed by atoms with Gasteiger partial charge in [-0.1, -0.05) is 6.42 Å². The van der Waals surface area contributed by atoms with Gasteiger partial charge in [-0.25, -0.2) is 0 Å². The summed E-state index contributed by atoms with van der Waals surface area (Å²) in [5.41, 5.74) is 5.31. The maximum Gasteiger partial charge on any atom is 0.221 e. The van der Waals surface area contributed by atoms with Gasteiger partial charge in [0.1, 0.15) is 0 Å². The topological polar surface area (TPSA) is 84.6 Å². The smallest absolute Gasteiger partial charge is 0.221 e. The Morgan fingerprint density at radius 2 is 1.94 bits per heavy atom. The third-order valence-corrected chi connectivity index (χ3v) is 4.54. The molecule has 5 heteroatoms. The number of nitrogens with two attached hydrogens (primary N) is 1. The molecule has 0 atom stereocenters. The average molecular weight is 256 g/mol. The van der Waals surface area contributed by atoms with E-state index in [1.807, 2.05) is 0 Å². The number of rotatable bonds is 5. The van der Waals surface area contributed by atoms with E-state index in [-0.39, 0.29) is 17.9 Å². The van der Waals surface area contributed by atoms with Gasteiger partial charge in [0.25, 0.3) is 0 Å². The van der Waals surface area contributed by atoms with Crippen LogP contribution in [0, 0.1) is 5.41 Å². The Kier molecular flexibility index (Phi) is 4.25. The number of carbonyl (C=O) groups excluding carboxylic acids is 1. The van der Waals surface area contributed by atoms with E-state index in [2.05, 4.69) is 5.32 Å². The van der Waals surface area contributed by atoms with Crippen LogP contribution in [0.4, 0.5) is 0 Å². The van der Waals surface area contributed by atoms with Crippen LogP contribution in [-0.2, 0) is 9.53 Å². The molecule has 0 unspecified atom stereocenters. The normalized spacial score (nSPS) is 25.2. The predicted octanol–water partition coefficient (Wildman–Crippen LogP) is 0.163. The summed E-state index contributed by atoms with van der Waals surface area (Å²) in [6.07, 6.45) is 5.13. The second kappa shape index (κ2) is 5.55. The molecule has 0 bridgehead atoms. The highest BCUT2D eigenvalue weighted by molar-refractivity contribution is 5.77. The van der Waals surface area contributed by atoms with Crippen molar-refractivity contribution in [1.29, 1.82) is 0 Å². The number of carbonyl (C=O) groups is 1. The van der Waals surface area contributed by atoms with Gasteiger partial charge in [0.2, 0.25) is 5.91 Å². The first kappa shape index (κ1) is 13.8. The first-order valence-corrected chi connectivity index (χ1v) is 6.83. The zero-order valence-corrected chi connectivity index (χ0v) is 10.9. The fourth-order valence-corrected chi connectivity index (χ4v) is 2.90. The van der Waals surface area contributed by atoms with Crippen LogP contribution in [0.2, 0.25) is 0 Å². The lowest BCUT2D eigenvalue weighted by Crippen LogP contribution is -2.56. The summed E-state index contributed by atoms with van der Waals surface area (Å²) in [4.78, 5) is 12.1. The fraction of sp³-hybridized carbons (Fsp3) is 0.923. The minimum Gasteiger partial charge on any atom is -0.394 e. The summed E-state index contributed by atoms with van der Waals surface area (Å²) in [7, 11) is 0. The molecule has 104 valence electrons. The van der Waals surface area contributed by atoms with Gasteiger partial charge < -0.3 is 20.9 Å². The first-order chi connectivity index (χ1) is 8.64. The number of nitrogens with one attached hydrogen (secondary N) is 1. The second-order valence-electron chi connectivity index (χ2n) is 5.83. The van der Waals surface area contributed by atoms with Crippen LogP contribution in [0.3, 0.4) is 0 Å². The summed E-state index contributed by atoms with van der Waals surface area (Å²) in [5.74, 6) is 0.0242. The lowest BCUT2D eigenvalue weighted by atomic mass is 9.66. The minimum atomic E-state index is -0.477. The lowest BCUT2D eigenvalue weighted by molar-refractivity contribution is -0.129. The Morgan fingerprint density at radius 3 is 2.39 bits per heavy atom. The molecule has 1 saturated heterocycles. The SMILES string of the molecule is NCC1(CC(=O)NC2(CO)CCOCC2)CCC1. The molecule has 2 fully saturated rings. The van der Waals surface area contributed by atoms with Gasteiger partial charge in [-0.05, 0) is 37.6 Å². The number of aliphatic hydroxyl groups excluding tert-OH is 1. The number of hydrogen-bond acceptors (Lipinski definition) is 4. The van der Waals surface area contributed by atoms with Crippen LogP contribution >= 0.6 is 0 Å². The number of ether oxygens (including phenoxy) is 1. The molecule has 0 aromatic heterocycles. The number of hydrogen-bond donors (Lipinski definition) is 3. The quantitative estimate of drug-likeness (QED) is 0.654. The summed E-state index contributed by atoms with van der Waals surface area (Å²) in [6, 6.07) is 0. The second-order valence-corrected chi connectivity index (χ2v) is 5.83. The van der Waals surface area contributed by atoms with E-state index in [1.54, 1.807) is 0 Å². The zero-order valence-electron chi connectivity index (χ0n) is 10.9. The molecule has 2 rings (SSSR count). The first-order valence-electron chi connectivity index (χ1n) is 6.83. The van der Waals surface area contributed by atoms with E-state index in [4.69, 9.17) is 10.5 Å². The van der Waals surface area contributed by atoms with Crippen molar-refractivity contribution in [2.75, 3.05) is 26.4 Å². The van der Waals surface area contributed by atoms with E-state index in [9.17, 15) is 9.90 Å². The van der Waals surface area contributed by atoms with E-state index >= 15 is 0 Å². The molecular formula is C13H24N2O3. The van der Waals surface area contributed by atoms with Crippen molar-refractivity contribution in [3.8, 4) is 0 Å². The summed E-state index contributed by atoms with van der Waals surface area (Å²) >= 11 is 0. The van der Waals surface area contributed by atoms with Crippen LogP contribution in [0.1, 0.15) is 38.5 Å². The van der Waals surface area contributed by atoms with Crippen LogP contribution < -0.4 is 11.1 Å². The highest BCUT2D eigenvalue weighted by Crippen LogP contribution is 2.43. The third-order valence-electron chi connectivity index (χ3n) is 4.54. The van der Waals surface area contributed by atoms with Crippen molar-refractivity contribution in [1.82, 2.24) is 5.32 Å². The maximum atomic E-state index is 12.1. The minimum absolute atomic E-state index is 0.0161. The molecule has 1 amide bonds.